The zero-order valence-corrected chi connectivity index (χ0v) is 21.8. The molecule has 11 heteroatoms. The van der Waals surface area contributed by atoms with Gasteiger partial charge < -0.3 is 24.9 Å². The fourth-order valence-corrected chi connectivity index (χ4v) is 3.65. The van der Waals surface area contributed by atoms with Crippen LogP contribution >= 0.6 is 0 Å². The van der Waals surface area contributed by atoms with Crippen molar-refractivity contribution in [1.82, 2.24) is 24.7 Å². The number of oxazole rings is 1. The average Bonchev–Trinajstić information content (AvgIpc) is 3.57. The van der Waals surface area contributed by atoms with E-state index >= 15 is 0 Å². The van der Waals surface area contributed by atoms with Crippen LogP contribution in [0.4, 0.5) is 23.1 Å². The lowest BCUT2D eigenvalue weighted by atomic mass is 10.1. The number of benzene rings is 2. The first-order valence-corrected chi connectivity index (χ1v) is 12.1. The van der Waals surface area contributed by atoms with Crippen molar-refractivity contribution in [2.24, 2.45) is 0 Å². The van der Waals surface area contributed by atoms with Crippen LogP contribution in [-0.2, 0) is 0 Å². The third-order valence-electron chi connectivity index (χ3n) is 5.40. The molecular weight excluding hydrogens is 486 g/mol. The van der Waals surface area contributed by atoms with E-state index in [-0.39, 0.29) is 23.4 Å². The summed E-state index contributed by atoms with van der Waals surface area (Å²) in [5, 5.41) is 20.1. The average molecular weight is 516 g/mol. The first-order chi connectivity index (χ1) is 18.4. The number of anilines is 4. The van der Waals surface area contributed by atoms with Crippen molar-refractivity contribution < 1.29 is 19.1 Å². The van der Waals surface area contributed by atoms with Crippen molar-refractivity contribution in [2.45, 2.75) is 33.7 Å². The van der Waals surface area contributed by atoms with Crippen molar-refractivity contribution in [3.63, 3.8) is 0 Å². The minimum Gasteiger partial charge on any atom is -0.494 e. The molecule has 0 aliphatic heterocycles. The number of fused-ring (bicyclic) bond motifs is 1. The van der Waals surface area contributed by atoms with Gasteiger partial charge in [0, 0.05) is 18.4 Å². The standard InChI is InChI=1S/C25H23N7O4.C2H6/c1-14(2)32-13-15(11-27-32)28-25-26-12-17(24(33)34)22(31-25)29-19-9-6-7-16(21(19)35-3)23-30-18-8-4-5-10-20(18)36-23;1-2/h4-14H,1-3H3,(H,33,34)(H2,26,28,29,31);1-2H3. The lowest BCUT2D eigenvalue weighted by Crippen LogP contribution is -2.09. The summed E-state index contributed by atoms with van der Waals surface area (Å²) in [6.45, 7) is 8.03. The molecule has 5 aromatic rings. The number of nitrogens with one attached hydrogen (secondary N) is 2. The number of carboxylic acid groups (broad SMARTS) is 1. The third-order valence-corrected chi connectivity index (χ3v) is 5.40. The van der Waals surface area contributed by atoms with Crippen molar-refractivity contribution in [3.05, 3.63) is 66.6 Å². The molecule has 0 atom stereocenters. The van der Waals surface area contributed by atoms with Crippen LogP contribution in [0.5, 0.6) is 5.75 Å². The number of hydrogen-bond acceptors (Lipinski definition) is 9. The molecule has 38 heavy (non-hydrogen) atoms. The van der Waals surface area contributed by atoms with Crippen LogP contribution in [0.1, 0.15) is 44.1 Å². The van der Waals surface area contributed by atoms with E-state index in [1.54, 1.807) is 23.0 Å². The molecule has 0 aliphatic rings. The smallest absolute Gasteiger partial charge is 0.341 e. The number of carbonyl (C=O) groups is 1. The Hall–Kier alpha value is -4.93. The van der Waals surface area contributed by atoms with Gasteiger partial charge in [-0.2, -0.15) is 10.1 Å². The number of ether oxygens (including phenoxy) is 1. The van der Waals surface area contributed by atoms with Gasteiger partial charge in [0.15, 0.2) is 17.2 Å². The zero-order chi connectivity index (χ0) is 27.2. The normalized spacial score (nSPS) is 10.7. The van der Waals surface area contributed by atoms with Gasteiger partial charge in [-0.3, -0.25) is 4.68 Å². The number of hydrogen-bond donors (Lipinski definition) is 3. The van der Waals surface area contributed by atoms with E-state index in [0.29, 0.717) is 39.7 Å². The molecule has 3 N–H and O–H groups in total. The molecule has 0 unspecified atom stereocenters. The molecule has 0 saturated heterocycles. The molecule has 11 nitrogen and oxygen atoms in total. The highest BCUT2D eigenvalue weighted by atomic mass is 16.5. The Labute approximate surface area is 219 Å². The Morgan fingerprint density at radius 2 is 1.84 bits per heavy atom. The summed E-state index contributed by atoms with van der Waals surface area (Å²) in [6.07, 6.45) is 4.71. The third kappa shape index (κ3) is 5.41. The van der Waals surface area contributed by atoms with Gasteiger partial charge in [-0.1, -0.05) is 32.0 Å². The molecule has 0 aliphatic carbocycles. The van der Waals surface area contributed by atoms with Gasteiger partial charge >= 0.3 is 5.97 Å². The molecule has 196 valence electrons. The summed E-state index contributed by atoms with van der Waals surface area (Å²) in [7, 11) is 1.52. The van der Waals surface area contributed by atoms with Gasteiger partial charge in [-0.15, -0.1) is 0 Å². The predicted molar refractivity (Wildman–Crippen MR) is 146 cm³/mol. The lowest BCUT2D eigenvalue weighted by Gasteiger charge is -2.15. The minimum absolute atomic E-state index is 0.0873. The van der Waals surface area contributed by atoms with Crippen LogP contribution < -0.4 is 15.4 Å². The Morgan fingerprint density at radius 3 is 2.53 bits per heavy atom. The van der Waals surface area contributed by atoms with E-state index in [1.807, 2.05) is 64.2 Å². The van der Waals surface area contributed by atoms with E-state index in [0.717, 1.165) is 0 Å². The lowest BCUT2D eigenvalue weighted by molar-refractivity contribution is 0.0697. The summed E-state index contributed by atoms with van der Waals surface area (Å²) >= 11 is 0. The molecule has 0 saturated carbocycles. The largest absolute Gasteiger partial charge is 0.494 e. The van der Waals surface area contributed by atoms with Crippen molar-refractivity contribution >= 4 is 40.2 Å². The maximum atomic E-state index is 11.9. The predicted octanol–water partition coefficient (Wildman–Crippen LogP) is 6.28. The van der Waals surface area contributed by atoms with Gasteiger partial charge in [-0.05, 0) is 38.1 Å². The van der Waals surface area contributed by atoms with Gasteiger partial charge in [-0.25, -0.2) is 14.8 Å². The SMILES string of the molecule is CC.COc1c(Nc2nc(Nc3cnn(C(C)C)c3)ncc2C(=O)O)cccc1-c1nc2ccccc2o1. The van der Waals surface area contributed by atoms with Crippen LogP contribution in [0, 0.1) is 0 Å². The highest BCUT2D eigenvalue weighted by molar-refractivity contribution is 5.94. The van der Waals surface area contributed by atoms with Crippen molar-refractivity contribution in [2.75, 3.05) is 17.7 Å². The monoisotopic (exact) mass is 515 g/mol. The number of methoxy groups -OCH3 is 1. The maximum absolute atomic E-state index is 11.9. The molecule has 0 radical (unpaired) electrons. The number of aromatic carboxylic acids is 1. The van der Waals surface area contributed by atoms with Crippen molar-refractivity contribution in [1.29, 1.82) is 0 Å². The van der Waals surface area contributed by atoms with E-state index in [2.05, 4.69) is 30.7 Å². The van der Waals surface area contributed by atoms with Crippen molar-refractivity contribution in [3.8, 4) is 17.2 Å². The molecular formula is C27H29N7O4. The Morgan fingerprint density at radius 1 is 1.05 bits per heavy atom. The molecule has 3 heterocycles. The number of nitrogens with zero attached hydrogens (tertiary/aromatic N) is 5. The quantitative estimate of drug-likeness (QED) is 0.216. The summed E-state index contributed by atoms with van der Waals surface area (Å²) in [4.78, 5) is 25.0. The number of carboxylic acids is 1. The summed E-state index contributed by atoms with van der Waals surface area (Å²) in [5.74, 6) is -0.0796. The van der Waals surface area contributed by atoms with Crippen LogP contribution in [0.3, 0.4) is 0 Å². The minimum atomic E-state index is -1.18. The van der Waals surface area contributed by atoms with Crippen LogP contribution in [0.15, 0.2) is 65.5 Å². The topological polar surface area (TPSA) is 140 Å². The molecule has 3 aromatic heterocycles. The van der Waals surface area contributed by atoms with Gasteiger partial charge in [0.1, 0.15) is 11.1 Å². The van der Waals surface area contributed by atoms with Crippen LogP contribution in [0.25, 0.3) is 22.6 Å². The number of rotatable bonds is 8. The molecule has 0 bridgehead atoms. The molecule has 2 aromatic carbocycles. The fourth-order valence-electron chi connectivity index (χ4n) is 3.65. The summed E-state index contributed by atoms with van der Waals surface area (Å²) in [5.41, 5.74) is 3.02. The summed E-state index contributed by atoms with van der Waals surface area (Å²) in [6, 6.07) is 13.0. The second-order valence-electron chi connectivity index (χ2n) is 8.19. The van der Waals surface area contributed by atoms with Gasteiger partial charge in [0.2, 0.25) is 11.8 Å². The second kappa shape index (κ2) is 11.4. The van der Waals surface area contributed by atoms with Crippen LogP contribution in [-0.4, -0.2) is 42.9 Å². The van der Waals surface area contributed by atoms with Gasteiger partial charge in [0.05, 0.1) is 30.2 Å². The van der Waals surface area contributed by atoms with E-state index < -0.39 is 5.97 Å². The first kappa shape index (κ1) is 26.1. The maximum Gasteiger partial charge on any atom is 0.341 e. The Kier molecular flexibility index (Phi) is 7.86. The van der Waals surface area contributed by atoms with E-state index in [4.69, 9.17) is 9.15 Å². The molecule has 0 spiro atoms. The second-order valence-corrected chi connectivity index (χ2v) is 8.19. The number of para-hydroxylation sites is 3. The zero-order valence-electron chi connectivity index (χ0n) is 21.8. The van der Waals surface area contributed by atoms with E-state index in [9.17, 15) is 9.90 Å². The Balaban J connectivity index is 0.00000164. The number of aromatic nitrogens is 5. The highest BCUT2D eigenvalue weighted by Crippen LogP contribution is 2.38. The highest BCUT2D eigenvalue weighted by Gasteiger charge is 2.20. The first-order valence-electron chi connectivity index (χ1n) is 12.1. The molecule has 5 rings (SSSR count). The fraction of sp³-hybridized carbons (Fsp3) is 0.222. The molecule has 0 fully saturated rings. The summed E-state index contributed by atoms with van der Waals surface area (Å²) < 4.78 is 13.4. The van der Waals surface area contributed by atoms with Gasteiger partial charge in [0.25, 0.3) is 0 Å². The van der Waals surface area contributed by atoms with Crippen LogP contribution in [0.2, 0.25) is 0 Å². The molecule has 0 amide bonds. The Bertz CT molecular complexity index is 1530. The van der Waals surface area contributed by atoms with E-state index in [1.165, 1.54) is 13.3 Å².